The predicted octanol–water partition coefficient (Wildman–Crippen LogP) is 1.75. The van der Waals surface area contributed by atoms with Gasteiger partial charge >= 0.3 is 6.18 Å². The minimum Gasteiger partial charge on any atom is -0.350 e. The van der Waals surface area contributed by atoms with Crippen LogP contribution < -0.4 is 10.6 Å². The number of halogens is 3. The summed E-state index contributed by atoms with van der Waals surface area (Å²) in [5.74, 6) is -0.525. The zero-order valence-corrected chi connectivity index (χ0v) is 15.0. The molecule has 3 rings (SSSR count). The van der Waals surface area contributed by atoms with Crippen LogP contribution >= 0.6 is 0 Å². The lowest BCUT2D eigenvalue weighted by Crippen LogP contribution is -2.57. The molecule has 0 radical (unpaired) electrons. The minimum absolute atomic E-state index is 0.304. The molecular formula is C18H22F3N5O. The Bertz CT molecular complexity index is 766. The molecule has 6 nitrogen and oxygen atoms in total. The van der Waals surface area contributed by atoms with Crippen LogP contribution in [0.2, 0.25) is 0 Å². The van der Waals surface area contributed by atoms with E-state index in [2.05, 4.69) is 15.7 Å². The molecular weight excluding hydrogens is 359 g/mol. The smallest absolute Gasteiger partial charge is 0.350 e. The van der Waals surface area contributed by atoms with Crippen LogP contribution in [0.15, 0.2) is 36.7 Å². The highest BCUT2D eigenvalue weighted by Gasteiger charge is 2.43. The van der Waals surface area contributed by atoms with Crippen LogP contribution in [-0.2, 0) is 0 Å². The van der Waals surface area contributed by atoms with Crippen molar-refractivity contribution in [1.29, 1.82) is 0 Å². The molecule has 27 heavy (non-hydrogen) atoms. The van der Waals surface area contributed by atoms with Gasteiger partial charge in [-0.25, -0.2) is 4.68 Å². The van der Waals surface area contributed by atoms with E-state index < -0.39 is 24.7 Å². The molecule has 1 fully saturated rings. The predicted molar refractivity (Wildman–Crippen MR) is 94.9 cm³/mol. The second kappa shape index (κ2) is 8.10. The second-order valence-corrected chi connectivity index (χ2v) is 6.56. The lowest BCUT2D eigenvalue weighted by Gasteiger charge is -2.35. The molecule has 1 aromatic heterocycles. The molecule has 1 unspecified atom stereocenters. The van der Waals surface area contributed by atoms with Crippen molar-refractivity contribution >= 4 is 5.91 Å². The molecule has 1 amide bonds. The Morgan fingerprint density at radius 3 is 2.48 bits per heavy atom. The molecule has 0 saturated carbocycles. The van der Waals surface area contributed by atoms with Gasteiger partial charge in [0, 0.05) is 44.5 Å². The van der Waals surface area contributed by atoms with Gasteiger partial charge in [-0.15, -0.1) is 0 Å². The van der Waals surface area contributed by atoms with Crippen LogP contribution in [0.25, 0.3) is 5.69 Å². The van der Waals surface area contributed by atoms with Gasteiger partial charge in [0.1, 0.15) is 6.04 Å². The van der Waals surface area contributed by atoms with Crippen LogP contribution in [-0.4, -0.2) is 65.5 Å². The monoisotopic (exact) mass is 381 g/mol. The average Bonchev–Trinajstić information content (AvgIpc) is 3.08. The molecule has 1 saturated heterocycles. The normalized spacial score (nSPS) is 16.9. The maximum atomic E-state index is 13.4. The maximum absolute atomic E-state index is 13.4. The van der Waals surface area contributed by atoms with E-state index in [0.717, 1.165) is 11.3 Å². The highest BCUT2D eigenvalue weighted by atomic mass is 19.4. The van der Waals surface area contributed by atoms with Crippen molar-refractivity contribution < 1.29 is 18.0 Å². The molecule has 2 heterocycles. The number of nitrogens with zero attached hydrogens (tertiary/aromatic N) is 3. The van der Waals surface area contributed by atoms with Crippen LogP contribution in [0.4, 0.5) is 13.2 Å². The van der Waals surface area contributed by atoms with E-state index in [4.69, 9.17) is 0 Å². The molecule has 1 aliphatic heterocycles. The van der Waals surface area contributed by atoms with Crippen molar-refractivity contribution in [3.05, 3.63) is 47.8 Å². The van der Waals surface area contributed by atoms with Gasteiger partial charge in [0.25, 0.3) is 5.91 Å². The number of carbonyl (C=O) groups is 1. The molecule has 1 aromatic carbocycles. The number of aromatic nitrogens is 2. The van der Waals surface area contributed by atoms with E-state index in [1.54, 1.807) is 35.1 Å². The van der Waals surface area contributed by atoms with Gasteiger partial charge in [0.2, 0.25) is 0 Å². The molecule has 0 bridgehead atoms. The third-order valence-electron chi connectivity index (χ3n) is 4.53. The highest BCUT2D eigenvalue weighted by molar-refractivity contribution is 5.94. The number of amides is 1. The Hall–Kier alpha value is -2.39. The number of piperazine rings is 1. The average molecular weight is 381 g/mol. The first-order valence-corrected chi connectivity index (χ1v) is 8.76. The standard InChI is InChI=1S/C18H22F3N5O/c1-13-10-24-26(12-13)15-4-2-14(3-5-15)17(27)23-11-16(18(19,20)21)25-8-6-22-7-9-25/h2-5,10,12,16,22H,6-9,11H2,1H3,(H,23,27). The van der Waals surface area contributed by atoms with Crippen LogP contribution in [0, 0.1) is 6.92 Å². The van der Waals surface area contributed by atoms with Gasteiger partial charge < -0.3 is 10.6 Å². The zero-order chi connectivity index (χ0) is 19.4. The van der Waals surface area contributed by atoms with Crippen molar-refractivity contribution in [3.8, 4) is 5.69 Å². The fourth-order valence-corrected chi connectivity index (χ4v) is 3.06. The van der Waals surface area contributed by atoms with E-state index in [0.29, 0.717) is 31.7 Å². The summed E-state index contributed by atoms with van der Waals surface area (Å²) in [6, 6.07) is 4.89. The van der Waals surface area contributed by atoms with Gasteiger partial charge in [-0.1, -0.05) is 0 Å². The third kappa shape index (κ3) is 4.86. The Labute approximate surface area is 155 Å². The number of hydrogen-bond donors (Lipinski definition) is 2. The Kier molecular flexibility index (Phi) is 5.81. The highest BCUT2D eigenvalue weighted by Crippen LogP contribution is 2.25. The van der Waals surface area contributed by atoms with E-state index in [1.807, 2.05) is 13.1 Å². The van der Waals surface area contributed by atoms with Crippen molar-refractivity contribution in [1.82, 2.24) is 25.3 Å². The van der Waals surface area contributed by atoms with Crippen LogP contribution in [0.1, 0.15) is 15.9 Å². The summed E-state index contributed by atoms with van der Waals surface area (Å²) >= 11 is 0. The van der Waals surface area contributed by atoms with Crippen molar-refractivity contribution in [2.45, 2.75) is 19.1 Å². The first-order valence-electron chi connectivity index (χ1n) is 8.76. The van der Waals surface area contributed by atoms with Gasteiger partial charge in [0.05, 0.1) is 11.9 Å². The number of nitrogens with one attached hydrogen (secondary N) is 2. The zero-order valence-electron chi connectivity index (χ0n) is 15.0. The van der Waals surface area contributed by atoms with E-state index in [9.17, 15) is 18.0 Å². The van der Waals surface area contributed by atoms with Gasteiger partial charge in [0.15, 0.2) is 0 Å². The summed E-state index contributed by atoms with van der Waals surface area (Å²) in [6.45, 7) is 3.07. The Morgan fingerprint density at radius 1 is 1.26 bits per heavy atom. The van der Waals surface area contributed by atoms with Crippen molar-refractivity contribution in [3.63, 3.8) is 0 Å². The summed E-state index contributed by atoms with van der Waals surface area (Å²) in [5, 5.41) is 9.63. The summed E-state index contributed by atoms with van der Waals surface area (Å²) < 4.78 is 41.8. The Balaban J connectivity index is 1.63. The molecule has 1 atom stereocenters. The number of benzene rings is 1. The number of carbonyl (C=O) groups excluding carboxylic acids is 1. The molecule has 1 aliphatic rings. The fourth-order valence-electron chi connectivity index (χ4n) is 3.06. The van der Waals surface area contributed by atoms with Crippen molar-refractivity contribution in [2.75, 3.05) is 32.7 Å². The summed E-state index contributed by atoms with van der Waals surface area (Å²) in [4.78, 5) is 13.6. The molecule has 9 heteroatoms. The largest absolute Gasteiger partial charge is 0.405 e. The summed E-state index contributed by atoms with van der Waals surface area (Å²) in [7, 11) is 0. The summed E-state index contributed by atoms with van der Waals surface area (Å²) in [5.41, 5.74) is 2.08. The van der Waals surface area contributed by atoms with E-state index in [1.165, 1.54) is 4.90 Å². The second-order valence-electron chi connectivity index (χ2n) is 6.56. The van der Waals surface area contributed by atoms with E-state index in [-0.39, 0.29) is 0 Å². The molecule has 0 spiro atoms. The Morgan fingerprint density at radius 2 is 1.93 bits per heavy atom. The van der Waals surface area contributed by atoms with Gasteiger partial charge in [-0.05, 0) is 36.8 Å². The maximum Gasteiger partial charge on any atom is 0.405 e. The number of hydrogen-bond acceptors (Lipinski definition) is 4. The SMILES string of the molecule is Cc1cnn(-c2ccc(C(=O)NCC(N3CCNCC3)C(F)(F)F)cc2)c1. The summed E-state index contributed by atoms with van der Waals surface area (Å²) in [6.07, 6.45) is -0.836. The topological polar surface area (TPSA) is 62.2 Å². The van der Waals surface area contributed by atoms with Gasteiger partial charge in [-0.3, -0.25) is 9.69 Å². The third-order valence-corrected chi connectivity index (χ3v) is 4.53. The van der Waals surface area contributed by atoms with Gasteiger partial charge in [-0.2, -0.15) is 18.3 Å². The first kappa shape index (κ1) is 19.4. The fraction of sp³-hybridized carbons (Fsp3) is 0.444. The molecule has 2 aromatic rings. The number of alkyl halides is 3. The number of rotatable bonds is 5. The molecule has 146 valence electrons. The van der Waals surface area contributed by atoms with E-state index >= 15 is 0 Å². The molecule has 0 aliphatic carbocycles. The molecule has 2 N–H and O–H groups in total. The number of aryl methyl sites for hydroxylation is 1. The van der Waals surface area contributed by atoms with Crippen LogP contribution in [0.3, 0.4) is 0 Å². The quantitative estimate of drug-likeness (QED) is 0.829. The van der Waals surface area contributed by atoms with Crippen LogP contribution in [0.5, 0.6) is 0 Å². The van der Waals surface area contributed by atoms with Crippen molar-refractivity contribution in [2.24, 2.45) is 0 Å². The minimum atomic E-state index is -4.40. The lowest BCUT2D eigenvalue weighted by molar-refractivity contribution is -0.183. The first-order chi connectivity index (χ1) is 12.8. The lowest BCUT2D eigenvalue weighted by atomic mass is 10.1.